The summed E-state index contributed by atoms with van der Waals surface area (Å²) < 4.78 is 7.41. The Kier molecular flexibility index (Phi) is 4.14. The van der Waals surface area contributed by atoms with Crippen LogP contribution in [0.4, 0.5) is 0 Å². The van der Waals surface area contributed by atoms with Gasteiger partial charge in [0.15, 0.2) is 0 Å². The molecule has 126 valence electrons. The summed E-state index contributed by atoms with van der Waals surface area (Å²) in [5.41, 5.74) is 2.92. The van der Waals surface area contributed by atoms with Crippen molar-refractivity contribution in [3.05, 3.63) is 17.0 Å². The Balaban J connectivity index is 1.87. The fourth-order valence-electron chi connectivity index (χ4n) is 3.68. The predicted molar refractivity (Wildman–Crippen MR) is 81.8 cm³/mol. The van der Waals surface area contributed by atoms with E-state index in [2.05, 4.69) is 5.10 Å². The van der Waals surface area contributed by atoms with Gasteiger partial charge in [0.1, 0.15) is 0 Å². The van der Waals surface area contributed by atoms with Crippen molar-refractivity contribution in [2.75, 3.05) is 19.8 Å². The number of ether oxygens (including phenoxy) is 1. The molecule has 1 aromatic heterocycles. The van der Waals surface area contributed by atoms with Crippen LogP contribution in [0.15, 0.2) is 0 Å². The third kappa shape index (κ3) is 2.63. The number of nitrogens with zero attached hydrogens (tertiary/aromatic N) is 3. The zero-order valence-corrected chi connectivity index (χ0v) is 13.8. The van der Waals surface area contributed by atoms with Crippen LogP contribution in [0.2, 0.25) is 0 Å². The van der Waals surface area contributed by atoms with Crippen molar-refractivity contribution in [2.45, 2.75) is 32.7 Å². The second-order valence-corrected chi connectivity index (χ2v) is 6.46. The molecule has 1 aliphatic heterocycles. The SMILES string of the molecule is Cc1nn(C)c(C)c1C1COCCN1C(=O)C1CCC1C(=O)O. The summed E-state index contributed by atoms with van der Waals surface area (Å²) in [6.07, 6.45) is 1.25. The second kappa shape index (κ2) is 5.96. The molecule has 2 heterocycles. The average Bonchev–Trinajstić information content (AvgIpc) is 2.70. The highest BCUT2D eigenvalue weighted by atomic mass is 16.5. The normalized spacial score (nSPS) is 27.6. The molecule has 0 radical (unpaired) electrons. The summed E-state index contributed by atoms with van der Waals surface area (Å²) in [6, 6.07) is -0.181. The van der Waals surface area contributed by atoms with E-state index in [-0.39, 0.29) is 11.9 Å². The van der Waals surface area contributed by atoms with Gasteiger partial charge in [0.05, 0.1) is 36.8 Å². The number of carboxylic acids is 1. The third-order valence-corrected chi connectivity index (χ3v) is 5.22. The van der Waals surface area contributed by atoms with Gasteiger partial charge in [0.25, 0.3) is 0 Å². The molecular formula is C16H23N3O4. The van der Waals surface area contributed by atoms with Gasteiger partial charge in [-0.25, -0.2) is 0 Å². The van der Waals surface area contributed by atoms with Crippen LogP contribution in [0.3, 0.4) is 0 Å². The van der Waals surface area contributed by atoms with Crippen molar-refractivity contribution in [2.24, 2.45) is 18.9 Å². The van der Waals surface area contributed by atoms with E-state index in [9.17, 15) is 14.7 Å². The molecule has 3 unspecified atom stereocenters. The van der Waals surface area contributed by atoms with E-state index in [0.29, 0.717) is 32.6 Å². The smallest absolute Gasteiger partial charge is 0.307 e. The maximum Gasteiger partial charge on any atom is 0.307 e. The molecule has 7 heteroatoms. The molecule has 0 spiro atoms. The largest absolute Gasteiger partial charge is 0.481 e. The van der Waals surface area contributed by atoms with Crippen LogP contribution < -0.4 is 0 Å². The van der Waals surface area contributed by atoms with Crippen molar-refractivity contribution in [1.29, 1.82) is 0 Å². The minimum atomic E-state index is -0.867. The molecule has 0 aromatic carbocycles. The molecule has 0 bridgehead atoms. The lowest BCUT2D eigenvalue weighted by Crippen LogP contribution is -2.51. The number of carboxylic acid groups (broad SMARTS) is 1. The molecule has 1 N–H and O–H groups in total. The first-order valence-electron chi connectivity index (χ1n) is 8.03. The average molecular weight is 321 g/mol. The molecule has 2 aliphatic rings. The fraction of sp³-hybridized carbons (Fsp3) is 0.688. The van der Waals surface area contributed by atoms with Crippen molar-refractivity contribution in [3.8, 4) is 0 Å². The van der Waals surface area contributed by atoms with Crippen LogP contribution in [0.1, 0.15) is 35.8 Å². The number of aliphatic carboxylic acids is 1. The summed E-state index contributed by atoms with van der Waals surface area (Å²) in [6.45, 7) is 5.34. The molecule has 1 saturated heterocycles. The van der Waals surface area contributed by atoms with Crippen LogP contribution in [0.25, 0.3) is 0 Å². The lowest BCUT2D eigenvalue weighted by molar-refractivity contribution is -0.161. The first kappa shape index (κ1) is 16.0. The summed E-state index contributed by atoms with van der Waals surface area (Å²) in [4.78, 5) is 25.9. The maximum absolute atomic E-state index is 12.9. The van der Waals surface area contributed by atoms with Gasteiger partial charge in [-0.05, 0) is 26.7 Å². The van der Waals surface area contributed by atoms with Crippen molar-refractivity contribution in [3.63, 3.8) is 0 Å². The Morgan fingerprint density at radius 3 is 2.48 bits per heavy atom. The maximum atomic E-state index is 12.9. The number of aromatic nitrogens is 2. The van der Waals surface area contributed by atoms with Crippen LogP contribution in [-0.2, 0) is 21.4 Å². The number of morpholine rings is 1. The molecule has 23 heavy (non-hydrogen) atoms. The van der Waals surface area contributed by atoms with Gasteiger partial charge >= 0.3 is 5.97 Å². The molecule has 3 atom stereocenters. The Hall–Kier alpha value is -1.89. The van der Waals surface area contributed by atoms with Crippen molar-refractivity contribution < 1.29 is 19.4 Å². The predicted octanol–water partition coefficient (Wildman–Crippen LogP) is 1.05. The van der Waals surface area contributed by atoms with Gasteiger partial charge in [0, 0.05) is 24.8 Å². The van der Waals surface area contributed by atoms with Gasteiger partial charge in [0.2, 0.25) is 5.91 Å². The Labute approximate surface area is 135 Å². The lowest BCUT2D eigenvalue weighted by Gasteiger charge is -2.42. The molecule has 3 rings (SSSR count). The molecule has 2 fully saturated rings. The van der Waals surface area contributed by atoms with E-state index >= 15 is 0 Å². The quantitative estimate of drug-likeness (QED) is 0.899. The van der Waals surface area contributed by atoms with Gasteiger partial charge in [-0.3, -0.25) is 14.3 Å². The monoisotopic (exact) mass is 321 g/mol. The van der Waals surface area contributed by atoms with E-state index in [4.69, 9.17) is 4.74 Å². The minimum absolute atomic E-state index is 0.0559. The number of carbonyl (C=O) groups excluding carboxylic acids is 1. The number of hydrogen-bond acceptors (Lipinski definition) is 4. The third-order valence-electron chi connectivity index (χ3n) is 5.22. The highest BCUT2D eigenvalue weighted by Crippen LogP contribution is 2.39. The van der Waals surface area contributed by atoms with E-state index in [0.717, 1.165) is 17.0 Å². The van der Waals surface area contributed by atoms with Gasteiger partial charge in [-0.15, -0.1) is 0 Å². The number of amides is 1. The summed E-state index contributed by atoms with van der Waals surface area (Å²) in [5.74, 6) is -1.86. The minimum Gasteiger partial charge on any atom is -0.481 e. The summed E-state index contributed by atoms with van der Waals surface area (Å²) in [7, 11) is 1.88. The molecule has 7 nitrogen and oxygen atoms in total. The first-order valence-corrected chi connectivity index (χ1v) is 8.03. The number of hydrogen-bond donors (Lipinski definition) is 1. The molecule has 1 saturated carbocycles. The first-order chi connectivity index (χ1) is 10.9. The van der Waals surface area contributed by atoms with Gasteiger partial charge in [-0.1, -0.05) is 0 Å². The molecule has 1 aliphatic carbocycles. The molecule has 1 amide bonds. The second-order valence-electron chi connectivity index (χ2n) is 6.46. The Bertz CT molecular complexity index is 640. The van der Waals surface area contributed by atoms with Crippen LogP contribution in [-0.4, -0.2) is 51.4 Å². The highest BCUT2D eigenvalue weighted by Gasteiger charge is 2.45. The van der Waals surface area contributed by atoms with Crippen LogP contribution >= 0.6 is 0 Å². The van der Waals surface area contributed by atoms with Gasteiger partial charge < -0.3 is 14.7 Å². The van der Waals surface area contributed by atoms with Crippen molar-refractivity contribution >= 4 is 11.9 Å². The Morgan fingerprint density at radius 1 is 1.26 bits per heavy atom. The van der Waals surface area contributed by atoms with E-state index in [1.165, 1.54) is 0 Å². The Morgan fingerprint density at radius 2 is 1.96 bits per heavy atom. The van der Waals surface area contributed by atoms with Crippen molar-refractivity contribution in [1.82, 2.24) is 14.7 Å². The number of carbonyl (C=O) groups is 2. The lowest BCUT2D eigenvalue weighted by atomic mass is 9.72. The highest BCUT2D eigenvalue weighted by molar-refractivity contribution is 5.86. The fourth-order valence-corrected chi connectivity index (χ4v) is 3.68. The summed E-state index contributed by atoms with van der Waals surface area (Å²) >= 11 is 0. The van der Waals surface area contributed by atoms with E-state index in [1.807, 2.05) is 25.6 Å². The standard InChI is InChI=1S/C16H23N3O4/c1-9-14(10(2)18(3)17-9)13-8-23-7-6-19(13)15(20)11-4-5-12(11)16(21)22/h11-13H,4-8H2,1-3H3,(H,21,22). The number of rotatable bonds is 3. The van der Waals surface area contributed by atoms with Gasteiger partial charge in [-0.2, -0.15) is 5.10 Å². The summed E-state index contributed by atoms with van der Waals surface area (Å²) in [5, 5.41) is 13.6. The molecule has 1 aromatic rings. The van der Waals surface area contributed by atoms with E-state index in [1.54, 1.807) is 4.90 Å². The topological polar surface area (TPSA) is 84.7 Å². The zero-order valence-electron chi connectivity index (χ0n) is 13.8. The molecular weight excluding hydrogens is 298 g/mol. The van der Waals surface area contributed by atoms with Crippen LogP contribution in [0.5, 0.6) is 0 Å². The van der Waals surface area contributed by atoms with Crippen LogP contribution in [0, 0.1) is 25.7 Å². The number of aryl methyl sites for hydroxylation is 2. The van der Waals surface area contributed by atoms with E-state index < -0.39 is 17.8 Å². The zero-order chi connectivity index (χ0) is 16.7.